The first-order chi connectivity index (χ1) is 11.3. The van der Waals surface area contributed by atoms with Crippen molar-refractivity contribution in [2.75, 3.05) is 11.6 Å². The Morgan fingerprint density at radius 1 is 1.21 bits per heavy atom. The number of fused-ring (bicyclic) bond motifs is 1. The molecule has 2 heterocycles. The molecule has 124 valence electrons. The minimum Gasteiger partial charge on any atom is -0.324 e. The molecule has 8 nitrogen and oxygen atoms in total. The fourth-order valence-electron chi connectivity index (χ4n) is 2.21. The van der Waals surface area contributed by atoms with Gasteiger partial charge in [-0.15, -0.1) is 5.10 Å². The van der Waals surface area contributed by atoms with Crippen molar-refractivity contribution < 1.29 is 13.2 Å². The number of sulfone groups is 1. The highest BCUT2D eigenvalue weighted by molar-refractivity contribution is 7.90. The van der Waals surface area contributed by atoms with Crippen molar-refractivity contribution >= 4 is 27.1 Å². The number of hydrogen-bond acceptors (Lipinski definition) is 5. The summed E-state index contributed by atoms with van der Waals surface area (Å²) in [7, 11) is -3.37. The van der Waals surface area contributed by atoms with E-state index in [1.807, 2.05) is 0 Å². The van der Waals surface area contributed by atoms with Gasteiger partial charge in [-0.1, -0.05) is 12.1 Å². The Morgan fingerprint density at radius 2 is 2.00 bits per heavy atom. The quantitative estimate of drug-likeness (QED) is 0.743. The van der Waals surface area contributed by atoms with Crippen LogP contribution in [0.4, 0.5) is 5.69 Å². The van der Waals surface area contributed by atoms with Crippen molar-refractivity contribution in [1.29, 1.82) is 0 Å². The average molecular weight is 346 g/mol. The van der Waals surface area contributed by atoms with E-state index in [0.29, 0.717) is 11.3 Å². The molecule has 0 unspecified atom stereocenters. The van der Waals surface area contributed by atoms with E-state index in [4.69, 9.17) is 0 Å². The highest BCUT2D eigenvalue weighted by Crippen LogP contribution is 2.15. The molecule has 0 saturated carbocycles. The van der Waals surface area contributed by atoms with E-state index in [0.717, 1.165) is 10.9 Å². The van der Waals surface area contributed by atoms with Gasteiger partial charge in [0.25, 0.3) is 0 Å². The highest BCUT2D eigenvalue weighted by atomic mass is 32.2. The zero-order valence-electron chi connectivity index (χ0n) is 12.7. The van der Waals surface area contributed by atoms with Crippen LogP contribution in [0.15, 0.2) is 58.4 Å². The summed E-state index contributed by atoms with van der Waals surface area (Å²) in [6.45, 7) is -0.274. The van der Waals surface area contributed by atoms with Gasteiger partial charge in [-0.3, -0.25) is 9.20 Å². The van der Waals surface area contributed by atoms with Crippen LogP contribution >= 0.6 is 0 Å². The molecular formula is C15H14N4O4S. The summed E-state index contributed by atoms with van der Waals surface area (Å²) in [5, 5.41) is 6.62. The van der Waals surface area contributed by atoms with Crippen LogP contribution in [0.1, 0.15) is 0 Å². The molecule has 0 saturated heterocycles. The second-order valence-electron chi connectivity index (χ2n) is 5.22. The SMILES string of the molecule is CS(=O)(=O)c1cccc(NC(=O)Cn2nc3ccccn3c2=O)c1. The fraction of sp³-hybridized carbons (Fsp3) is 0.133. The minimum atomic E-state index is -3.37. The van der Waals surface area contributed by atoms with E-state index >= 15 is 0 Å². The van der Waals surface area contributed by atoms with Crippen LogP contribution in [0, 0.1) is 0 Å². The number of amides is 1. The Kier molecular flexibility index (Phi) is 3.94. The van der Waals surface area contributed by atoms with Crippen LogP contribution in [0.3, 0.4) is 0 Å². The molecular weight excluding hydrogens is 332 g/mol. The molecule has 9 heteroatoms. The maximum Gasteiger partial charge on any atom is 0.350 e. The van der Waals surface area contributed by atoms with Crippen molar-refractivity contribution in [2.45, 2.75) is 11.4 Å². The van der Waals surface area contributed by atoms with Crippen LogP contribution in [-0.2, 0) is 21.2 Å². The van der Waals surface area contributed by atoms with Crippen molar-refractivity contribution in [1.82, 2.24) is 14.2 Å². The van der Waals surface area contributed by atoms with Gasteiger partial charge < -0.3 is 5.32 Å². The number of hydrogen-bond donors (Lipinski definition) is 1. The first-order valence-corrected chi connectivity index (χ1v) is 8.88. The van der Waals surface area contributed by atoms with Crippen LogP contribution in [0.25, 0.3) is 5.65 Å². The first kappa shape index (κ1) is 15.9. The third-order valence-corrected chi connectivity index (χ3v) is 4.44. The van der Waals surface area contributed by atoms with Crippen molar-refractivity contribution in [3.05, 3.63) is 59.1 Å². The first-order valence-electron chi connectivity index (χ1n) is 6.99. The highest BCUT2D eigenvalue weighted by Gasteiger charge is 2.12. The van der Waals surface area contributed by atoms with E-state index in [1.54, 1.807) is 30.5 Å². The maximum atomic E-state index is 12.1. The smallest absolute Gasteiger partial charge is 0.324 e. The number of nitrogens with one attached hydrogen (secondary N) is 1. The molecule has 2 aromatic heterocycles. The summed E-state index contributed by atoms with van der Waals surface area (Å²) in [6.07, 6.45) is 2.65. The standard InChI is InChI=1S/C15H14N4O4S/c1-24(22,23)12-6-4-5-11(9-12)16-14(20)10-19-15(21)18-8-3-2-7-13(18)17-19/h2-9H,10H2,1H3,(H,16,20). The van der Waals surface area contributed by atoms with Crippen LogP contribution in [-0.4, -0.2) is 34.8 Å². The molecule has 0 atom stereocenters. The molecule has 0 spiro atoms. The van der Waals surface area contributed by atoms with E-state index in [-0.39, 0.29) is 11.4 Å². The Labute approximate surface area is 137 Å². The molecule has 24 heavy (non-hydrogen) atoms. The largest absolute Gasteiger partial charge is 0.350 e. The van der Waals surface area contributed by atoms with Crippen LogP contribution in [0.5, 0.6) is 0 Å². The van der Waals surface area contributed by atoms with Crippen molar-refractivity contribution in [3.63, 3.8) is 0 Å². The van der Waals surface area contributed by atoms with Crippen molar-refractivity contribution in [3.8, 4) is 0 Å². The summed E-state index contributed by atoms with van der Waals surface area (Å²) in [4.78, 5) is 24.3. The van der Waals surface area contributed by atoms with Gasteiger partial charge in [0.05, 0.1) is 4.90 Å². The molecule has 0 fully saturated rings. The summed E-state index contributed by atoms with van der Waals surface area (Å²) < 4.78 is 25.4. The summed E-state index contributed by atoms with van der Waals surface area (Å²) >= 11 is 0. The van der Waals surface area contributed by atoms with Gasteiger partial charge in [0.15, 0.2) is 15.5 Å². The van der Waals surface area contributed by atoms with Crippen LogP contribution in [0.2, 0.25) is 0 Å². The number of benzene rings is 1. The number of carbonyl (C=O) groups excluding carboxylic acids is 1. The topological polar surface area (TPSA) is 103 Å². The van der Waals surface area contributed by atoms with E-state index in [2.05, 4.69) is 10.4 Å². The third kappa shape index (κ3) is 3.20. The van der Waals surface area contributed by atoms with Gasteiger partial charge >= 0.3 is 5.69 Å². The molecule has 3 aromatic rings. The second-order valence-corrected chi connectivity index (χ2v) is 7.23. The maximum absolute atomic E-state index is 12.1. The summed E-state index contributed by atoms with van der Waals surface area (Å²) in [5.74, 6) is -0.480. The minimum absolute atomic E-state index is 0.102. The van der Waals surface area contributed by atoms with Crippen LogP contribution < -0.4 is 11.0 Å². The molecule has 1 aromatic carbocycles. The molecule has 0 aliphatic rings. The van der Waals surface area contributed by atoms with Gasteiger partial charge in [-0.05, 0) is 30.3 Å². The predicted octanol–water partition coefficient (Wildman–Crippen LogP) is 0.538. The zero-order valence-corrected chi connectivity index (χ0v) is 13.5. The lowest BCUT2D eigenvalue weighted by Gasteiger charge is -2.06. The van der Waals surface area contributed by atoms with E-state index in [9.17, 15) is 18.0 Å². The van der Waals surface area contributed by atoms with E-state index < -0.39 is 21.4 Å². The number of rotatable bonds is 4. The normalized spacial score (nSPS) is 11.5. The van der Waals surface area contributed by atoms with E-state index in [1.165, 1.54) is 22.6 Å². The molecule has 0 aliphatic carbocycles. The number of pyridine rings is 1. The third-order valence-electron chi connectivity index (χ3n) is 3.33. The van der Waals surface area contributed by atoms with Gasteiger partial charge in [-0.2, -0.15) is 0 Å². The molecule has 1 N–H and O–H groups in total. The number of anilines is 1. The number of aromatic nitrogens is 3. The molecule has 3 rings (SSSR count). The van der Waals surface area contributed by atoms with Gasteiger partial charge in [-0.25, -0.2) is 17.9 Å². The average Bonchev–Trinajstić information content (AvgIpc) is 2.83. The summed E-state index contributed by atoms with van der Waals surface area (Å²) in [6, 6.07) is 11.0. The second kappa shape index (κ2) is 5.93. The number of carbonyl (C=O) groups is 1. The Balaban J connectivity index is 1.81. The fourth-order valence-corrected chi connectivity index (χ4v) is 2.88. The Morgan fingerprint density at radius 3 is 2.71 bits per heavy atom. The van der Waals surface area contributed by atoms with Gasteiger partial charge in [0.1, 0.15) is 6.54 Å². The van der Waals surface area contributed by atoms with Gasteiger partial charge in [0.2, 0.25) is 5.91 Å². The molecule has 1 amide bonds. The Bertz CT molecular complexity index is 1080. The lowest BCUT2D eigenvalue weighted by Crippen LogP contribution is -2.28. The lowest BCUT2D eigenvalue weighted by molar-refractivity contribution is -0.117. The molecule has 0 bridgehead atoms. The monoisotopic (exact) mass is 346 g/mol. The molecule has 0 radical (unpaired) electrons. The molecule has 0 aliphatic heterocycles. The zero-order chi connectivity index (χ0) is 17.3. The number of nitrogens with zero attached hydrogens (tertiary/aromatic N) is 3. The van der Waals surface area contributed by atoms with Gasteiger partial charge in [0, 0.05) is 18.1 Å². The summed E-state index contributed by atoms with van der Waals surface area (Å²) in [5.41, 5.74) is 0.347. The Hall–Kier alpha value is -2.94. The predicted molar refractivity (Wildman–Crippen MR) is 87.6 cm³/mol. The van der Waals surface area contributed by atoms with Crippen molar-refractivity contribution in [2.24, 2.45) is 0 Å². The lowest BCUT2D eigenvalue weighted by atomic mass is 10.3.